The number of benzene rings is 2. The number of rotatable bonds is 3. The standard InChI is InChI=1S/C21H16BrNO/c1-24-19-11-7-16(8-12-19)21-20(15-5-9-17(22)10-6-15)14-18-4-2-3-13-23(18)21/h2-14H,1H3. The third-order valence-corrected chi connectivity index (χ3v) is 4.73. The fourth-order valence-electron chi connectivity index (χ4n) is 3.02. The van der Waals surface area contributed by atoms with Crippen LogP contribution in [0.1, 0.15) is 0 Å². The Morgan fingerprint density at radius 2 is 1.54 bits per heavy atom. The smallest absolute Gasteiger partial charge is 0.118 e. The summed E-state index contributed by atoms with van der Waals surface area (Å²) in [5.74, 6) is 0.866. The first kappa shape index (κ1) is 15.0. The molecule has 0 aliphatic carbocycles. The lowest BCUT2D eigenvalue weighted by molar-refractivity contribution is 0.415. The number of aromatic nitrogens is 1. The molecular weight excluding hydrogens is 362 g/mol. The molecule has 0 atom stereocenters. The van der Waals surface area contributed by atoms with Crippen LogP contribution in [0.4, 0.5) is 0 Å². The van der Waals surface area contributed by atoms with Gasteiger partial charge in [0.25, 0.3) is 0 Å². The molecule has 0 N–H and O–H groups in total. The Bertz CT molecular complexity index is 985. The van der Waals surface area contributed by atoms with Gasteiger partial charge in [-0.15, -0.1) is 0 Å². The largest absolute Gasteiger partial charge is 0.497 e. The summed E-state index contributed by atoms with van der Waals surface area (Å²) in [6, 6.07) is 25.2. The second kappa shape index (κ2) is 6.17. The van der Waals surface area contributed by atoms with E-state index in [0.29, 0.717) is 0 Å². The third kappa shape index (κ3) is 2.61. The molecule has 0 unspecified atom stereocenters. The Morgan fingerprint density at radius 3 is 2.25 bits per heavy atom. The van der Waals surface area contributed by atoms with Gasteiger partial charge in [0.05, 0.1) is 12.8 Å². The van der Waals surface area contributed by atoms with Crippen molar-refractivity contribution in [1.29, 1.82) is 0 Å². The lowest BCUT2D eigenvalue weighted by Crippen LogP contribution is -1.90. The van der Waals surface area contributed by atoms with Crippen molar-refractivity contribution in [3.63, 3.8) is 0 Å². The van der Waals surface area contributed by atoms with Crippen molar-refractivity contribution in [2.45, 2.75) is 0 Å². The molecule has 0 bridgehead atoms. The van der Waals surface area contributed by atoms with E-state index in [1.54, 1.807) is 7.11 Å². The Balaban J connectivity index is 1.97. The fourth-order valence-corrected chi connectivity index (χ4v) is 3.28. The normalized spacial score (nSPS) is 10.9. The van der Waals surface area contributed by atoms with Crippen LogP contribution >= 0.6 is 15.9 Å². The highest BCUT2D eigenvalue weighted by molar-refractivity contribution is 9.10. The molecule has 2 aromatic heterocycles. The van der Waals surface area contributed by atoms with E-state index in [9.17, 15) is 0 Å². The summed E-state index contributed by atoms with van der Waals surface area (Å²) in [5.41, 5.74) is 5.96. The molecule has 2 heterocycles. The number of pyridine rings is 1. The molecule has 0 aliphatic heterocycles. The second-order valence-electron chi connectivity index (χ2n) is 5.64. The zero-order valence-corrected chi connectivity index (χ0v) is 14.8. The van der Waals surface area contributed by atoms with Gasteiger partial charge in [0.15, 0.2) is 0 Å². The van der Waals surface area contributed by atoms with Crippen molar-refractivity contribution >= 4 is 21.4 Å². The molecule has 118 valence electrons. The molecule has 0 amide bonds. The number of hydrogen-bond donors (Lipinski definition) is 0. The number of methoxy groups -OCH3 is 1. The Hall–Kier alpha value is -2.52. The zero-order valence-electron chi connectivity index (χ0n) is 13.2. The molecular formula is C21H16BrNO. The first-order valence-electron chi connectivity index (χ1n) is 7.77. The van der Waals surface area contributed by atoms with Crippen LogP contribution in [-0.4, -0.2) is 11.5 Å². The summed E-state index contributed by atoms with van der Waals surface area (Å²) in [6.45, 7) is 0. The lowest BCUT2D eigenvalue weighted by Gasteiger charge is -2.09. The van der Waals surface area contributed by atoms with Crippen LogP contribution in [-0.2, 0) is 0 Å². The summed E-state index contributed by atoms with van der Waals surface area (Å²) in [5, 5.41) is 0. The minimum absolute atomic E-state index is 0.866. The van der Waals surface area contributed by atoms with Crippen LogP contribution in [0.2, 0.25) is 0 Å². The van der Waals surface area contributed by atoms with Crippen molar-refractivity contribution in [2.75, 3.05) is 7.11 Å². The van der Waals surface area contributed by atoms with E-state index in [1.165, 1.54) is 27.9 Å². The van der Waals surface area contributed by atoms with Gasteiger partial charge in [-0.05, 0) is 65.7 Å². The topological polar surface area (TPSA) is 13.6 Å². The monoisotopic (exact) mass is 377 g/mol. The summed E-state index contributed by atoms with van der Waals surface area (Å²) in [7, 11) is 1.69. The van der Waals surface area contributed by atoms with Crippen molar-refractivity contribution in [3.05, 3.63) is 83.5 Å². The van der Waals surface area contributed by atoms with Gasteiger partial charge < -0.3 is 9.14 Å². The molecule has 0 saturated heterocycles. The van der Waals surface area contributed by atoms with Gasteiger partial charge >= 0.3 is 0 Å². The van der Waals surface area contributed by atoms with Gasteiger partial charge in [-0.25, -0.2) is 0 Å². The number of halogens is 1. The summed E-state index contributed by atoms with van der Waals surface area (Å²) < 4.78 is 8.61. The predicted octanol–water partition coefficient (Wildman–Crippen LogP) is 6.04. The highest BCUT2D eigenvalue weighted by Gasteiger charge is 2.13. The molecule has 4 aromatic rings. The lowest BCUT2D eigenvalue weighted by atomic mass is 10.0. The first-order chi connectivity index (χ1) is 11.8. The minimum Gasteiger partial charge on any atom is -0.497 e. The summed E-state index contributed by atoms with van der Waals surface area (Å²) >= 11 is 3.51. The zero-order chi connectivity index (χ0) is 16.5. The van der Waals surface area contributed by atoms with Gasteiger partial charge in [-0.1, -0.05) is 34.1 Å². The molecule has 0 fully saturated rings. The SMILES string of the molecule is COc1ccc(-c2c(-c3ccc(Br)cc3)cc3ccccn23)cc1. The van der Waals surface area contributed by atoms with Gasteiger partial charge in [0.1, 0.15) is 5.75 Å². The quantitative estimate of drug-likeness (QED) is 0.424. The van der Waals surface area contributed by atoms with Crippen LogP contribution in [0.5, 0.6) is 5.75 Å². The molecule has 2 aromatic carbocycles. The molecule has 4 rings (SSSR count). The minimum atomic E-state index is 0.866. The predicted molar refractivity (Wildman–Crippen MR) is 103 cm³/mol. The molecule has 2 nitrogen and oxygen atoms in total. The number of hydrogen-bond acceptors (Lipinski definition) is 1. The average Bonchev–Trinajstić information content (AvgIpc) is 3.02. The highest BCUT2D eigenvalue weighted by atomic mass is 79.9. The molecule has 0 saturated carbocycles. The average molecular weight is 378 g/mol. The molecule has 0 aliphatic rings. The van der Waals surface area contributed by atoms with E-state index in [4.69, 9.17) is 4.74 Å². The Morgan fingerprint density at radius 1 is 0.833 bits per heavy atom. The maximum absolute atomic E-state index is 5.29. The van der Waals surface area contributed by atoms with E-state index in [-0.39, 0.29) is 0 Å². The molecule has 3 heteroatoms. The van der Waals surface area contributed by atoms with Crippen molar-refractivity contribution in [1.82, 2.24) is 4.40 Å². The Labute approximate surface area is 149 Å². The van der Waals surface area contributed by atoms with Gasteiger partial charge in [-0.2, -0.15) is 0 Å². The molecule has 0 radical (unpaired) electrons. The van der Waals surface area contributed by atoms with Crippen molar-refractivity contribution < 1.29 is 4.74 Å². The molecule has 0 spiro atoms. The number of fused-ring (bicyclic) bond motifs is 1. The Kier molecular flexibility index (Phi) is 3.87. The van der Waals surface area contributed by atoms with Crippen LogP contribution in [0.25, 0.3) is 27.9 Å². The van der Waals surface area contributed by atoms with Gasteiger partial charge in [0, 0.05) is 21.7 Å². The van der Waals surface area contributed by atoms with E-state index < -0.39 is 0 Å². The van der Waals surface area contributed by atoms with Crippen LogP contribution < -0.4 is 4.74 Å². The van der Waals surface area contributed by atoms with Crippen LogP contribution in [0.15, 0.2) is 83.5 Å². The van der Waals surface area contributed by atoms with E-state index in [2.05, 4.69) is 87.2 Å². The van der Waals surface area contributed by atoms with E-state index in [1.807, 2.05) is 12.1 Å². The number of nitrogens with zero attached hydrogens (tertiary/aromatic N) is 1. The first-order valence-corrected chi connectivity index (χ1v) is 8.56. The third-order valence-electron chi connectivity index (χ3n) is 4.20. The maximum Gasteiger partial charge on any atom is 0.118 e. The fraction of sp³-hybridized carbons (Fsp3) is 0.0476. The van der Waals surface area contributed by atoms with Gasteiger partial charge in [0.2, 0.25) is 0 Å². The van der Waals surface area contributed by atoms with Crippen molar-refractivity contribution in [3.8, 4) is 28.1 Å². The second-order valence-corrected chi connectivity index (χ2v) is 6.55. The van der Waals surface area contributed by atoms with Gasteiger partial charge in [-0.3, -0.25) is 0 Å². The van der Waals surface area contributed by atoms with E-state index in [0.717, 1.165) is 10.2 Å². The maximum atomic E-state index is 5.29. The van der Waals surface area contributed by atoms with Crippen molar-refractivity contribution in [2.24, 2.45) is 0 Å². The van der Waals surface area contributed by atoms with E-state index >= 15 is 0 Å². The summed E-state index contributed by atoms with van der Waals surface area (Å²) in [6.07, 6.45) is 2.11. The molecule has 24 heavy (non-hydrogen) atoms. The van der Waals surface area contributed by atoms with Crippen LogP contribution in [0, 0.1) is 0 Å². The van der Waals surface area contributed by atoms with Crippen LogP contribution in [0.3, 0.4) is 0 Å². The summed E-state index contributed by atoms with van der Waals surface area (Å²) in [4.78, 5) is 0. The highest BCUT2D eigenvalue weighted by Crippen LogP contribution is 2.36. The number of ether oxygens (including phenoxy) is 1.